The summed E-state index contributed by atoms with van der Waals surface area (Å²) in [7, 11) is 1.44. The predicted molar refractivity (Wildman–Crippen MR) is 92.0 cm³/mol. The summed E-state index contributed by atoms with van der Waals surface area (Å²) >= 11 is 1.81. The third kappa shape index (κ3) is 5.39. The van der Waals surface area contributed by atoms with Gasteiger partial charge in [0, 0.05) is 11.0 Å². The van der Waals surface area contributed by atoms with Crippen LogP contribution in [0.3, 0.4) is 0 Å². The lowest BCUT2D eigenvalue weighted by molar-refractivity contribution is -0.140. The largest absolute Gasteiger partial charge is 0.469 e. The molecule has 1 aromatic carbocycles. The van der Waals surface area contributed by atoms with Gasteiger partial charge in [-0.25, -0.2) is 0 Å². The fourth-order valence-electron chi connectivity index (χ4n) is 2.26. The van der Waals surface area contributed by atoms with Crippen LogP contribution in [0.4, 0.5) is 0 Å². The summed E-state index contributed by atoms with van der Waals surface area (Å²) in [5.74, 6) is 0.812. The third-order valence-corrected chi connectivity index (χ3v) is 4.95. The van der Waals surface area contributed by atoms with Gasteiger partial charge in [-0.1, -0.05) is 39.8 Å². The van der Waals surface area contributed by atoms with Crippen LogP contribution in [0.1, 0.15) is 56.4 Å². The number of hydrogen-bond donors (Lipinski definition) is 0. The van der Waals surface area contributed by atoms with Gasteiger partial charge in [0.25, 0.3) is 0 Å². The molecular formula is C18H28O2S. The number of ether oxygens (including phenoxy) is 1. The SMILES string of the molecule is COC(=O)CC(C)SCc1c(C)cc(C(C)(C)C)cc1C. The number of hydrogen-bond acceptors (Lipinski definition) is 3. The van der Waals surface area contributed by atoms with Gasteiger partial charge in [0.15, 0.2) is 0 Å². The Bertz CT molecular complexity index is 477. The molecule has 0 aliphatic rings. The molecule has 21 heavy (non-hydrogen) atoms. The monoisotopic (exact) mass is 308 g/mol. The van der Waals surface area contributed by atoms with Crippen LogP contribution in [0.5, 0.6) is 0 Å². The van der Waals surface area contributed by atoms with Crippen molar-refractivity contribution in [3.8, 4) is 0 Å². The van der Waals surface area contributed by atoms with Crippen LogP contribution < -0.4 is 0 Å². The Kier molecular flexibility index (Phi) is 6.33. The number of aryl methyl sites for hydroxylation is 2. The molecular weight excluding hydrogens is 280 g/mol. The van der Waals surface area contributed by atoms with Crippen LogP contribution in [-0.4, -0.2) is 18.3 Å². The molecule has 1 atom stereocenters. The topological polar surface area (TPSA) is 26.3 Å². The van der Waals surface area contributed by atoms with Crippen LogP contribution in [0.25, 0.3) is 0 Å². The molecule has 118 valence electrons. The smallest absolute Gasteiger partial charge is 0.306 e. The zero-order valence-corrected chi connectivity index (χ0v) is 15.2. The van der Waals surface area contributed by atoms with Crippen LogP contribution in [0, 0.1) is 13.8 Å². The molecule has 1 unspecified atom stereocenters. The second-order valence-corrected chi connectivity index (χ2v) is 8.17. The summed E-state index contributed by atoms with van der Waals surface area (Å²) in [5, 5.41) is 0.276. The van der Waals surface area contributed by atoms with Crippen molar-refractivity contribution >= 4 is 17.7 Å². The lowest BCUT2D eigenvalue weighted by Gasteiger charge is -2.22. The van der Waals surface area contributed by atoms with E-state index in [0.717, 1.165) is 5.75 Å². The van der Waals surface area contributed by atoms with Crippen molar-refractivity contribution in [1.82, 2.24) is 0 Å². The van der Waals surface area contributed by atoms with Gasteiger partial charge < -0.3 is 4.74 Å². The van der Waals surface area contributed by atoms with E-state index in [1.54, 1.807) is 0 Å². The molecule has 0 aromatic heterocycles. The number of carbonyl (C=O) groups is 1. The summed E-state index contributed by atoms with van der Waals surface area (Å²) in [4.78, 5) is 11.3. The molecule has 0 bridgehead atoms. The Morgan fingerprint density at radius 2 is 1.76 bits per heavy atom. The lowest BCUT2D eigenvalue weighted by atomic mass is 9.84. The summed E-state index contributed by atoms with van der Waals surface area (Å²) in [6.07, 6.45) is 0.472. The highest BCUT2D eigenvalue weighted by Gasteiger charge is 2.17. The van der Waals surface area contributed by atoms with Crippen LogP contribution in [0.2, 0.25) is 0 Å². The minimum absolute atomic E-state index is 0.133. The van der Waals surface area contributed by atoms with E-state index in [2.05, 4.69) is 53.7 Å². The van der Waals surface area contributed by atoms with Gasteiger partial charge in [-0.05, 0) is 41.5 Å². The van der Waals surface area contributed by atoms with Gasteiger partial charge >= 0.3 is 5.97 Å². The Balaban J connectivity index is 2.79. The zero-order valence-electron chi connectivity index (χ0n) is 14.4. The van der Waals surface area contributed by atoms with E-state index in [1.807, 2.05) is 11.8 Å². The maximum absolute atomic E-state index is 11.3. The van der Waals surface area contributed by atoms with Crippen molar-refractivity contribution in [2.24, 2.45) is 0 Å². The number of esters is 1. The van der Waals surface area contributed by atoms with Crippen molar-refractivity contribution in [3.63, 3.8) is 0 Å². The summed E-state index contributed by atoms with van der Waals surface area (Å²) < 4.78 is 4.72. The van der Waals surface area contributed by atoms with Gasteiger partial charge in [0.2, 0.25) is 0 Å². The van der Waals surface area contributed by atoms with E-state index < -0.39 is 0 Å². The molecule has 0 saturated carbocycles. The first kappa shape index (κ1) is 18.1. The van der Waals surface area contributed by atoms with Crippen LogP contribution in [-0.2, 0) is 20.7 Å². The highest BCUT2D eigenvalue weighted by atomic mass is 32.2. The maximum Gasteiger partial charge on any atom is 0.306 e. The fourth-order valence-corrected chi connectivity index (χ4v) is 3.42. The quantitative estimate of drug-likeness (QED) is 0.732. The number of benzene rings is 1. The number of thioether (sulfide) groups is 1. The Hall–Kier alpha value is -0.960. The van der Waals surface area contributed by atoms with E-state index in [9.17, 15) is 4.79 Å². The van der Waals surface area contributed by atoms with Crippen molar-refractivity contribution in [3.05, 3.63) is 34.4 Å². The van der Waals surface area contributed by atoms with E-state index in [-0.39, 0.29) is 16.6 Å². The Morgan fingerprint density at radius 1 is 1.24 bits per heavy atom. The van der Waals surface area contributed by atoms with Gasteiger partial charge in [0.05, 0.1) is 13.5 Å². The normalized spacial score (nSPS) is 13.1. The minimum atomic E-state index is -0.133. The molecule has 0 aliphatic heterocycles. The average molecular weight is 308 g/mol. The van der Waals surface area contributed by atoms with Gasteiger partial charge in [-0.2, -0.15) is 11.8 Å². The first-order chi connectivity index (χ1) is 9.65. The average Bonchev–Trinajstić information content (AvgIpc) is 2.36. The second-order valence-electron chi connectivity index (χ2n) is 6.74. The predicted octanol–water partition coefficient (Wildman–Crippen LogP) is 4.79. The van der Waals surface area contributed by atoms with Crippen molar-refractivity contribution in [2.75, 3.05) is 7.11 Å². The molecule has 0 radical (unpaired) electrons. The van der Waals surface area contributed by atoms with Crippen molar-refractivity contribution in [1.29, 1.82) is 0 Å². The molecule has 0 aliphatic carbocycles. The van der Waals surface area contributed by atoms with E-state index in [1.165, 1.54) is 29.4 Å². The van der Waals surface area contributed by atoms with Gasteiger partial charge in [0.1, 0.15) is 0 Å². The standard InChI is InChI=1S/C18H28O2S/c1-12-8-15(18(4,5)6)9-13(2)16(12)11-21-14(3)10-17(19)20-7/h8-9,14H,10-11H2,1-7H3. The molecule has 2 nitrogen and oxygen atoms in total. The highest BCUT2D eigenvalue weighted by molar-refractivity contribution is 7.99. The maximum atomic E-state index is 11.3. The first-order valence-electron chi connectivity index (χ1n) is 7.44. The molecule has 3 heteroatoms. The van der Waals surface area contributed by atoms with Gasteiger partial charge in [-0.15, -0.1) is 0 Å². The molecule has 0 saturated heterocycles. The van der Waals surface area contributed by atoms with Crippen LogP contribution >= 0.6 is 11.8 Å². The number of rotatable bonds is 5. The number of carbonyl (C=O) groups excluding carboxylic acids is 1. The molecule has 0 N–H and O–H groups in total. The van der Waals surface area contributed by atoms with E-state index in [4.69, 9.17) is 4.74 Å². The number of methoxy groups -OCH3 is 1. The molecule has 0 spiro atoms. The summed E-state index contributed by atoms with van der Waals surface area (Å²) in [5.41, 5.74) is 5.65. The lowest BCUT2D eigenvalue weighted by Crippen LogP contribution is -2.13. The van der Waals surface area contributed by atoms with E-state index >= 15 is 0 Å². The zero-order chi connectivity index (χ0) is 16.2. The first-order valence-corrected chi connectivity index (χ1v) is 8.49. The second kappa shape index (κ2) is 7.35. The minimum Gasteiger partial charge on any atom is -0.469 e. The third-order valence-electron chi connectivity index (χ3n) is 3.76. The Morgan fingerprint density at radius 3 is 2.19 bits per heavy atom. The summed E-state index contributed by atoms with van der Waals surface area (Å²) in [6.45, 7) is 13.2. The molecule has 0 fully saturated rings. The molecule has 0 heterocycles. The van der Waals surface area contributed by atoms with Crippen molar-refractivity contribution < 1.29 is 9.53 Å². The summed E-state index contributed by atoms with van der Waals surface area (Å²) in [6, 6.07) is 4.60. The van der Waals surface area contributed by atoms with Crippen LogP contribution in [0.15, 0.2) is 12.1 Å². The molecule has 1 aromatic rings. The fraction of sp³-hybridized carbons (Fsp3) is 0.611. The van der Waals surface area contributed by atoms with E-state index in [0.29, 0.717) is 6.42 Å². The highest BCUT2D eigenvalue weighted by Crippen LogP contribution is 2.30. The molecule has 1 rings (SSSR count). The van der Waals surface area contributed by atoms with Crippen molar-refractivity contribution in [2.45, 2.75) is 64.4 Å². The van der Waals surface area contributed by atoms with Gasteiger partial charge in [-0.3, -0.25) is 4.79 Å². The molecule has 0 amide bonds. The Labute approximate surface area is 133 Å².